The lowest BCUT2D eigenvalue weighted by Crippen LogP contribution is -2.48. The Balaban J connectivity index is 1.69. The van der Waals surface area contributed by atoms with Gasteiger partial charge in [0.1, 0.15) is 0 Å². The van der Waals surface area contributed by atoms with Crippen molar-refractivity contribution >= 4 is 16.9 Å². The Hall–Kier alpha value is -2.14. The van der Waals surface area contributed by atoms with Gasteiger partial charge in [0.05, 0.1) is 17.7 Å². The van der Waals surface area contributed by atoms with Crippen LogP contribution in [0.25, 0.3) is 10.9 Å². The number of nitrogens with one attached hydrogen (secondary N) is 2. The number of guanidine groups is 1. The number of pyridine rings is 1. The zero-order valence-corrected chi connectivity index (χ0v) is 15.0. The van der Waals surface area contributed by atoms with Crippen molar-refractivity contribution in [2.75, 3.05) is 13.1 Å². The van der Waals surface area contributed by atoms with Crippen LogP contribution in [0.15, 0.2) is 41.5 Å². The van der Waals surface area contributed by atoms with E-state index in [0.29, 0.717) is 13.1 Å². The number of rotatable bonds is 5. The maximum atomic E-state index is 10.7. The monoisotopic (exact) mass is 340 g/mol. The lowest BCUT2D eigenvalue weighted by molar-refractivity contribution is 0.00859. The SMILES string of the molecule is CCNC(=NCc1ccnc2ccccc12)NCC1(O)CCCCC1. The first-order valence-corrected chi connectivity index (χ1v) is 9.27. The van der Waals surface area contributed by atoms with Crippen LogP contribution in [0, 0.1) is 0 Å². The van der Waals surface area contributed by atoms with E-state index in [-0.39, 0.29) is 0 Å². The Morgan fingerprint density at radius 3 is 2.76 bits per heavy atom. The topological polar surface area (TPSA) is 69.5 Å². The zero-order chi connectivity index (χ0) is 17.5. The standard InChI is InChI=1S/C20H28N4O/c1-2-21-19(24-15-20(25)11-6-3-7-12-20)23-14-16-10-13-22-18-9-5-4-8-17(16)18/h4-5,8-10,13,25H,2-3,6-7,11-12,14-15H2,1H3,(H2,21,23,24). The molecule has 5 heteroatoms. The fourth-order valence-corrected chi connectivity index (χ4v) is 3.43. The highest BCUT2D eigenvalue weighted by Crippen LogP contribution is 2.27. The van der Waals surface area contributed by atoms with Gasteiger partial charge in [0, 0.05) is 24.7 Å². The highest BCUT2D eigenvalue weighted by Gasteiger charge is 2.29. The molecule has 0 bridgehead atoms. The van der Waals surface area contributed by atoms with Gasteiger partial charge in [-0.1, -0.05) is 37.5 Å². The van der Waals surface area contributed by atoms with E-state index >= 15 is 0 Å². The molecule has 0 radical (unpaired) electrons. The molecule has 1 aromatic heterocycles. The molecule has 0 saturated heterocycles. The number of aliphatic imine (C=N–C) groups is 1. The molecule has 3 N–H and O–H groups in total. The molecule has 1 aliphatic rings. The molecular formula is C20H28N4O. The van der Waals surface area contributed by atoms with Crippen LogP contribution >= 0.6 is 0 Å². The molecule has 3 rings (SSSR count). The van der Waals surface area contributed by atoms with Crippen LogP contribution in [-0.4, -0.2) is 34.7 Å². The van der Waals surface area contributed by atoms with Crippen molar-refractivity contribution in [3.8, 4) is 0 Å². The minimum absolute atomic E-state index is 0.552. The molecule has 1 saturated carbocycles. The van der Waals surface area contributed by atoms with Crippen molar-refractivity contribution in [1.29, 1.82) is 0 Å². The van der Waals surface area contributed by atoms with Gasteiger partial charge >= 0.3 is 0 Å². The summed E-state index contributed by atoms with van der Waals surface area (Å²) in [5, 5.41) is 18.4. The summed E-state index contributed by atoms with van der Waals surface area (Å²) in [6, 6.07) is 10.1. The van der Waals surface area contributed by atoms with E-state index in [4.69, 9.17) is 4.99 Å². The van der Waals surface area contributed by atoms with E-state index in [0.717, 1.165) is 54.7 Å². The van der Waals surface area contributed by atoms with Crippen LogP contribution in [0.3, 0.4) is 0 Å². The zero-order valence-electron chi connectivity index (χ0n) is 15.0. The van der Waals surface area contributed by atoms with E-state index in [1.165, 1.54) is 6.42 Å². The molecule has 134 valence electrons. The van der Waals surface area contributed by atoms with Gasteiger partial charge in [0.2, 0.25) is 0 Å². The van der Waals surface area contributed by atoms with E-state index in [2.05, 4.69) is 21.7 Å². The largest absolute Gasteiger partial charge is 0.388 e. The molecule has 25 heavy (non-hydrogen) atoms. The molecule has 0 amide bonds. The number of nitrogens with zero attached hydrogens (tertiary/aromatic N) is 2. The summed E-state index contributed by atoms with van der Waals surface area (Å²) in [4.78, 5) is 9.10. The van der Waals surface area contributed by atoms with Crippen LogP contribution in [0.2, 0.25) is 0 Å². The third-order valence-corrected chi connectivity index (χ3v) is 4.86. The van der Waals surface area contributed by atoms with Gasteiger partial charge < -0.3 is 15.7 Å². The third kappa shape index (κ3) is 4.69. The fraction of sp³-hybridized carbons (Fsp3) is 0.500. The van der Waals surface area contributed by atoms with Crippen LogP contribution < -0.4 is 10.6 Å². The Bertz CT molecular complexity index is 717. The van der Waals surface area contributed by atoms with Gasteiger partial charge in [-0.05, 0) is 37.5 Å². The quantitative estimate of drug-likeness (QED) is 0.578. The molecule has 1 heterocycles. The maximum Gasteiger partial charge on any atom is 0.191 e. The predicted molar refractivity (Wildman–Crippen MR) is 103 cm³/mol. The van der Waals surface area contributed by atoms with Crippen molar-refractivity contribution in [3.63, 3.8) is 0 Å². The molecule has 1 fully saturated rings. The second-order valence-corrected chi connectivity index (χ2v) is 6.82. The first-order valence-electron chi connectivity index (χ1n) is 9.27. The number of para-hydroxylation sites is 1. The van der Waals surface area contributed by atoms with Crippen molar-refractivity contribution in [2.24, 2.45) is 4.99 Å². The van der Waals surface area contributed by atoms with Gasteiger partial charge in [-0.15, -0.1) is 0 Å². The van der Waals surface area contributed by atoms with Crippen LogP contribution in [-0.2, 0) is 6.54 Å². The van der Waals surface area contributed by atoms with Crippen LogP contribution in [0.4, 0.5) is 0 Å². The minimum atomic E-state index is -0.599. The lowest BCUT2D eigenvalue weighted by atomic mass is 9.85. The summed E-state index contributed by atoms with van der Waals surface area (Å²) in [6.07, 6.45) is 7.01. The average molecular weight is 340 g/mol. The smallest absolute Gasteiger partial charge is 0.191 e. The Morgan fingerprint density at radius 1 is 1.16 bits per heavy atom. The highest BCUT2D eigenvalue weighted by atomic mass is 16.3. The number of fused-ring (bicyclic) bond motifs is 1. The molecule has 0 spiro atoms. The number of hydrogen-bond donors (Lipinski definition) is 3. The van der Waals surface area contributed by atoms with E-state index in [1.54, 1.807) is 0 Å². The van der Waals surface area contributed by atoms with Crippen molar-refractivity contribution < 1.29 is 5.11 Å². The first-order chi connectivity index (χ1) is 12.2. The molecular weight excluding hydrogens is 312 g/mol. The Labute approximate surface area is 149 Å². The predicted octanol–water partition coefficient (Wildman–Crippen LogP) is 2.99. The summed E-state index contributed by atoms with van der Waals surface area (Å²) in [6.45, 7) is 3.97. The summed E-state index contributed by atoms with van der Waals surface area (Å²) in [5.74, 6) is 0.752. The number of aliphatic hydroxyl groups is 1. The van der Waals surface area contributed by atoms with Crippen LogP contribution in [0.1, 0.15) is 44.6 Å². The minimum Gasteiger partial charge on any atom is -0.388 e. The van der Waals surface area contributed by atoms with Gasteiger partial charge in [-0.25, -0.2) is 4.99 Å². The van der Waals surface area contributed by atoms with Gasteiger partial charge in [-0.3, -0.25) is 4.98 Å². The molecule has 1 aliphatic carbocycles. The molecule has 2 aromatic rings. The maximum absolute atomic E-state index is 10.7. The van der Waals surface area contributed by atoms with Crippen molar-refractivity contribution in [2.45, 2.75) is 51.2 Å². The summed E-state index contributed by atoms with van der Waals surface area (Å²) in [5.41, 5.74) is 1.54. The molecule has 5 nitrogen and oxygen atoms in total. The van der Waals surface area contributed by atoms with E-state index in [9.17, 15) is 5.11 Å². The third-order valence-electron chi connectivity index (χ3n) is 4.86. The molecule has 0 atom stereocenters. The van der Waals surface area contributed by atoms with E-state index < -0.39 is 5.60 Å². The molecule has 0 unspecified atom stereocenters. The molecule has 0 aliphatic heterocycles. The summed E-state index contributed by atoms with van der Waals surface area (Å²) >= 11 is 0. The second kappa shape index (κ2) is 8.30. The van der Waals surface area contributed by atoms with Crippen molar-refractivity contribution in [3.05, 3.63) is 42.1 Å². The summed E-state index contributed by atoms with van der Waals surface area (Å²) in [7, 11) is 0. The van der Waals surface area contributed by atoms with Gasteiger partial charge in [-0.2, -0.15) is 0 Å². The number of hydrogen-bond acceptors (Lipinski definition) is 3. The van der Waals surface area contributed by atoms with Crippen LogP contribution in [0.5, 0.6) is 0 Å². The summed E-state index contributed by atoms with van der Waals surface area (Å²) < 4.78 is 0. The Morgan fingerprint density at radius 2 is 1.96 bits per heavy atom. The normalized spacial score (nSPS) is 17.4. The first kappa shape index (κ1) is 17.7. The average Bonchev–Trinajstić information content (AvgIpc) is 2.64. The highest BCUT2D eigenvalue weighted by molar-refractivity contribution is 5.83. The fourth-order valence-electron chi connectivity index (χ4n) is 3.43. The van der Waals surface area contributed by atoms with Gasteiger partial charge in [0.15, 0.2) is 5.96 Å². The van der Waals surface area contributed by atoms with E-state index in [1.807, 2.05) is 37.4 Å². The Kier molecular flexibility index (Phi) is 5.87. The number of aromatic nitrogens is 1. The van der Waals surface area contributed by atoms with Gasteiger partial charge in [0.25, 0.3) is 0 Å². The lowest BCUT2D eigenvalue weighted by Gasteiger charge is -2.32. The molecule has 1 aromatic carbocycles. The number of benzene rings is 1. The second-order valence-electron chi connectivity index (χ2n) is 6.82. The van der Waals surface area contributed by atoms with Crippen molar-refractivity contribution in [1.82, 2.24) is 15.6 Å².